The van der Waals surface area contributed by atoms with Gasteiger partial charge in [0.05, 0.1) is 7.11 Å². The Morgan fingerprint density at radius 1 is 1.05 bits per heavy atom. The van der Waals surface area contributed by atoms with Gasteiger partial charge in [0.2, 0.25) is 5.91 Å². The molecular weight excluding hydrogens is 282 g/mol. The van der Waals surface area contributed by atoms with Crippen molar-refractivity contribution in [2.24, 2.45) is 0 Å². The van der Waals surface area contributed by atoms with Crippen molar-refractivity contribution >= 4 is 11.6 Å². The molecule has 2 rings (SSSR count). The van der Waals surface area contributed by atoms with Crippen LogP contribution in [0.4, 0.5) is 5.69 Å². The highest BCUT2D eigenvalue weighted by Crippen LogP contribution is 2.26. The molecule has 1 N–H and O–H groups in total. The van der Waals surface area contributed by atoms with Crippen LogP contribution in [0.5, 0.6) is 17.2 Å². The van der Waals surface area contributed by atoms with Gasteiger partial charge >= 0.3 is 0 Å². The average Bonchev–Trinajstić information content (AvgIpc) is 2.55. The second-order valence-electron chi connectivity index (χ2n) is 4.49. The Morgan fingerprint density at radius 2 is 1.77 bits per heavy atom. The Kier molecular flexibility index (Phi) is 5.80. The van der Waals surface area contributed by atoms with Crippen LogP contribution >= 0.6 is 0 Å². The molecule has 0 saturated heterocycles. The van der Waals surface area contributed by atoms with Gasteiger partial charge in [-0.1, -0.05) is 6.07 Å². The molecule has 2 aromatic rings. The molecule has 0 fully saturated rings. The molecule has 2 aromatic carbocycles. The number of nitrogens with one attached hydrogen (secondary N) is 1. The van der Waals surface area contributed by atoms with Crippen LogP contribution in [0.3, 0.4) is 0 Å². The summed E-state index contributed by atoms with van der Waals surface area (Å²) in [5.41, 5.74) is 0.697. The van der Waals surface area contributed by atoms with Gasteiger partial charge in [-0.05, 0) is 43.3 Å². The zero-order valence-electron chi connectivity index (χ0n) is 12.7. The number of carbonyl (C=O) groups excluding carboxylic acids is 1. The number of amides is 1. The largest absolute Gasteiger partial charge is 0.497 e. The minimum Gasteiger partial charge on any atom is -0.497 e. The van der Waals surface area contributed by atoms with Crippen molar-refractivity contribution in [3.8, 4) is 17.2 Å². The summed E-state index contributed by atoms with van der Waals surface area (Å²) in [5.74, 6) is 1.92. The molecule has 0 unspecified atom stereocenters. The van der Waals surface area contributed by atoms with Gasteiger partial charge in [-0.2, -0.15) is 0 Å². The van der Waals surface area contributed by atoms with Crippen molar-refractivity contribution < 1.29 is 19.0 Å². The quantitative estimate of drug-likeness (QED) is 0.851. The van der Waals surface area contributed by atoms with Crippen LogP contribution in [0.15, 0.2) is 48.5 Å². The summed E-state index contributed by atoms with van der Waals surface area (Å²) in [6.45, 7) is 2.41. The van der Waals surface area contributed by atoms with Gasteiger partial charge in [0, 0.05) is 18.4 Å². The molecule has 0 radical (unpaired) electrons. The number of anilines is 1. The molecule has 1 amide bonds. The minimum atomic E-state index is -0.177. The molecule has 0 atom stereocenters. The lowest BCUT2D eigenvalue weighted by Gasteiger charge is -2.09. The Hall–Kier alpha value is -2.53. The number of ether oxygens (including phenoxy) is 3. The molecule has 0 saturated carbocycles. The van der Waals surface area contributed by atoms with E-state index in [1.54, 1.807) is 37.4 Å². The van der Waals surface area contributed by atoms with E-state index in [2.05, 4.69) is 5.32 Å². The Balaban J connectivity index is 1.95. The highest BCUT2D eigenvalue weighted by molar-refractivity contribution is 5.91. The summed E-state index contributed by atoms with van der Waals surface area (Å²) in [4.78, 5) is 11.5. The smallest absolute Gasteiger partial charge is 0.250 e. The van der Waals surface area contributed by atoms with E-state index in [1.807, 2.05) is 25.1 Å². The lowest BCUT2D eigenvalue weighted by Crippen LogP contribution is -2.18. The predicted octanol–water partition coefficient (Wildman–Crippen LogP) is 3.46. The molecule has 5 nitrogen and oxygen atoms in total. The minimum absolute atomic E-state index is 0.0541. The van der Waals surface area contributed by atoms with Gasteiger partial charge in [0.25, 0.3) is 0 Å². The van der Waals surface area contributed by atoms with E-state index >= 15 is 0 Å². The maximum Gasteiger partial charge on any atom is 0.250 e. The standard InChI is InChI=1S/C17H19NO4/c1-3-21-12-17(19)18-13-7-9-14(10-8-13)22-16-6-4-5-15(11-16)20-2/h4-11H,3,12H2,1-2H3,(H,18,19). The fourth-order valence-corrected chi connectivity index (χ4v) is 1.80. The van der Waals surface area contributed by atoms with Crippen LogP contribution in [0.1, 0.15) is 6.92 Å². The van der Waals surface area contributed by atoms with Gasteiger partial charge in [-0.15, -0.1) is 0 Å². The van der Waals surface area contributed by atoms with Crippen LogP contribution in [-0.4, -0.2) is 26.2 Å². The first-order valence-electron chi connectivity index (χ1n) is 7.01. The fourth-order valence-electron chi connectivity index (χ4n) is 1.80. The van der Waals surface area contributed by atoms with Gasteiger partial charge in [-0.25, -0.2) is 0 Å². The SMILES string of the molecule is CCOCC(=O)Nc1ccc(Oc2cccc(OC)c2)cc1. The third kappa shape index (κ3) is 4.79. The molecule has 22 heavy (non-hydrogen) atoms. The Labute approximate surface area is 129 Å². The normalized spacial score (nSPS) is 10.1. The van der Waals surface area contributed by atoms with Gasteiger partial charge in [-0.3, -0.25) is 4.79 Å². The number of benzene rings is 2. The molecule has 116 valence electrons. The van der Waals surface area contributed by atoms with E-state index in [4.69, 9.17) is 14.2 Å². The highest BCUT2D eigenvalue weighted by atomic mass is 16.5. The summed E-state index contributed by atoms with van der Waals surface area (Å²) >= 11 is 0. The predicted molar refractivity (Wildman–Crippen MR) is 84.6 cm³/mol. The molecule has 0 spiro atoms. The maximum absolute atomic E-state index is 11.5. The van der Waals surface area contributed by atoms with E-state index < -0.39 is 0 Å². The van der Waals surface area contributed by atoms with Gasteiger partial charge < -0.3 is 19.5 Å². The Morgan fingerprint density at radius 3 is 2.45 bits per heavy atom. The third-order valence-corrected chi connectivity index (χ3v) is 2.85. The second kappa shape index (κ2) is 8.05. The number of methoxy groups -OCH3 is 1. The van der Waals surface area contributed by atoms with Crippen molar-refractivity contribution in [2.75, 3.05) is 25.6 Å². The first-order valence-corrected chi connectivity index (χ1v) is 7.01. The second-order valence-corrected chi connectivity index (χ2v) is 4.49. The van der Waals surface area contributed by atoms with Crippen molar-refractivity contribution in [3.63, 3.8) is 0 Å². The lowest BCUT2D eigenvalue weighted by atomic mass is 10.3. The van der Waals surface area contributed by atoms with Crippen LogP contribution in [0, 0.1) is 0 Å². The summed E-state index contributed by atoms with van der Waals surface area (Å²) < 4.78 is 15.9. The molecule has 0 aromatic heterocycles. The van der Waals surface area contributed by atoms with Crippen LogP contribution in [0.2, 0.25) is 0 Å². The number of rotatable bonds is 7. The topological polar surface area (TPSA) is 56.8 Å². The fraction of sp³-hybridized carbons (Fsp3) is 0.235. The molecule has 5 heteroatoms. The molecular formula is C17H19NO4. The number of hydrogen-bond acceptors (Lipinski definition) is 4. The summed E-state index contributed by atoms with van der Waals surface area (Å²) in [6, 6.07) is 14.5. The maximum atomic E-state index is 11.5. The third-order valence-electron chi connectivity index (χ3n) is 2.85. The van der Waals surface area contributed by atoms with E-state index in [0.717, 1.165) is 5.75 Å². The first-order chi connectivity index (χ1) is 10.7. The summed E-state index contributed by atoms with van der Waals surface area (Å²) in [6.07, 6.45) is 0. The summed E-state index contributed by atoms with van der Waals surface area (Å²) in [7, 11) is 1.61. The van der Waals surface area contributed by atoms with Crippen molar-refractivity contribution in [1.82, 2.24) is 0 Å². The van der Waals surface area contributed by atoms with Gasteiger partial charge in [0.15, 0.2) is 0 Å². The highest BCUT2D eigenvalue weighted by Gasteiger charge is 2.03. The summed E-state index contributed by atoms with van der Waals surface area (Å²) in [5, 5.41) is 2.75. The van der Waals surface area contributed by atoms with Crippen molar-refractivity contribution in [1.29, 1.82) is 0 Å². The number of hydrogen-bond donors (Lipinski definition) is 1. The van der Waals surface area contributed by atoms with Crippen molar-refractivity contribution in [3.05, 3.63) is 48.5 Å². The average molecular weight is 301 g/mol. The molecule has 0 bridgehead atoms. The lowest BCUT2D eigenvalue weighted by molar-refractivity contribution is -0.120. The molecule has 0 aliphatic heterocycles. The van der Waals surface area contributed by atoms with Crippen LogP contribution in [0.25, 0.3) is 0 Å². The molecule has 0 aliphatic carbocycles. The van der Waals surface area contributed by atoms with Gasteiger partial charge in [0.1, 0.15) is 23.9 Å². The van der Waals surface area contributed by atoms with E-state index in [0.29, 0.717) is 23.8 Å². The monoisotopic (exact) mass is 301 g/mol. The first kappa shape index (κ1) is 15.9. The van der Waals surface area contributed by atoms with Crippen LogP contribution < -0.4 is 14.8 Å². The zero-order chi connectivity index (χ0) is 15.8. The molecule has 0 aliphatic rings. The van der Waals surface area contributed by atoms with E-state index in [1.165, 1.54) is 0 Å². The zero-order valence-corrected chi connectivity index (χ0v) is 12.7. The van der Waals surface area contributed by atoms with Crippen molar-refractivity contribution in [2.45, 2.75) is 6.92 Å². The molecule has 0 heterocycles. The van der Waals surface area contributed by atoms with E-state index in [9.17, 15) is 4.79 Å². The Bertz CT molecular complexity index is 610. The van der Waals surface area contributed by atoms with Crippen LogP contribution in [-0.2, 0) is 9.53 Å². The number of carbonyl (C=O) groups is 1. The van der Waals surface area contributed by atoms with E-state index in [-0.39, 0.29) is 12.5 Å².